The van der Waals surface area contributed by atoms with Gasteiger partial charge in [-0.1, -0.05) is 12.2 Å². The minimum Gasteiger partial charge on any atom is -0.508 e. The molecule has 0 aliphatic heterocycles. The zero-order valence-electron chi connectivity index (χ0n) is 9.44. The maximum atomic E-state index is 13.3. The Balaban J connectivity index is 2.50. The maximum absolute atomic E-state index is 13.3. The molecule has 1 aliphatic rings. The van der Waals surface area contributed by atoms with E-state index in [0.29, 0.717) is 18.4 Å². The van der Waals surface area contributed by atoms with Gasteiger partial charge in [-0.15, -0.1) is 0 Å². The summed E-state index contributed by atoms with van der Waals surface area (Å²) in [5.41, 5.74) is -0.444. The summed E-state index contributed by atoms with van der Waals surface area (Å²) in [5.74, 6) is -1.15. The summed E-state index contributed by atoms with van der Waals surface area (Å²) in [6.07, 6.45) is 4.64. The molecule has 17 heavy (non-hydrogen) atoms. The van der Waals surface area contributed by atoms with Crippen molar-refractivity contribution in [2.24, 2.45) is 0 Å². The molecule has 0 saturated carbocycles. The third-order valence-corrected chi connectivity index (χ3v) is 3.11. The molecule has 90 valence electrons. The molecule has 0 bridgehead atoms. The molecule has 1 aromatic carbocycles. The van der Waals surface area contributed by atoms with Gasteiger partial charge in [0.25, 0.3) is 0 Å². The van der Waals surface area contributed by atoms with Crippen molar-refractivity contribution in [2.75, 3.05) is 7.11 Å². The highest BCUT2D eigenvalue weighted by atomic mass is 19.1. The van der Waals surface area contributed by atoms with E-state index in [2.05, 4.69) is 0 Å². The molecule has 1 N–H and O–H groups in total. The molecule has 0 radical (unpaired) electrons. The van der Waals surface area contributed by atoms with Crippen LogP contribution in [0, 0.1) is 5.82 Å². The SMILES string of the molecule is COC(=O)C1(c2cc(O)cc(F)c2)CC=CC1. The Morgan fingerprint density at radius 3 is 2.53 bits per heavy atom. The van der Waals surface area contributed by atoms with Gasteiger partial charge in [-0.2, -0.15) is 0 Å². The third kappa shape index (κ3) is 1.90. The molecular weight excluding hydrogens is 223 g/mol. The molecule has 0 aromatic heterocycles. The first-order chi connectivity index (χ1) is 8.08. The molecule has 3 nitrogen and oxygen atoms in total. The summed E-state index contributed by atoms with van der Waals surface area (Å²) in [5, 5.41) is 9.41. The minimum absolute atomic E-state index is 0.185. The van der Waals surface area contributed by atoms with E-state index >= 15 is 0 Å². The fourth-order valence-electron chi connectivity index (χ4n) is 2.22. The number of ether oxygens (including phenoxy) is 1. The molecule has 0 unspecified atom stereocenters. The van der Waals surface area contributed by atoms with Crippen LogP contribution in [0.15, 0.2) is 30.4 Å². The van der Waals surface area contributed by atoms with Gasteiger partial charge in [-0.25, -0.2) is 4.39 Å². The van der Waals surface area contributed by atoms with E-state index in [1.807, 2.05) is 12.2 Å². The number of halogens is 1. The Morgan fingerprint density at radius 1 is 1.35 bits per heavy atom. The minimum atomic E-state index is -0.895. The van der Waals surface area contributed by atoms with E-state index in [1.165, 1.54) is 19.2 Å². The number of methoxy groups -OCH3 is 1. The number of carbonyl (C=O) groups excluding carboxylic acids is 1. The second-order valence-electron chi connectivity index (χ2n) is 4.15. The molecule has 0 atom stereocenters. The number of benzene rings is 1. The van der Waals surface area contributed by atoms with Crippen molar-refractivity contribution in [3.8, 4) is 5.75 Å². The lowest BCUT2D eigenvalue weighted by Crippen LogP contribution is -2.34. The second kappa shape index (κ2) is 4.20. The Bertz CT molecular complexity index is 451. The summed E-state index contributed by atoms with van der Waals surface area (Å²) in [6, 6.07) is 3.69. The Labute approximate surface area is 98.5 Å². The normalized spacial score (nSPS) is 17.1. The molecule has 0 spiro atoms. The quantitative estimate of drug-likeness (QED) is 0.633. The summed E-state index contributed by atoms with van der Waals surface area (Å²) in [4.78, 5) is 11.9. The fraction of sp³-hybridized carbons (Fsp3) is 0.308. The molecule has 1 aromatic rings. The van der Waals surface area contributed by atoms with E-state index in [0.717, 1.165) is 6.07 Å². The first-order valence-electron chi connectivity index (χ1n) is 5.32. The highest BCUT2D eigenvalue weighted by Gasteiger charge is 2.42. The van der Waals surface area contributed by atoms with Gasteiger partial charge < -0.3 is 9.84 Å². The number of allylic oxidation sites excluding steroid dienone is 2. The fourth-order valence-corrected chi connectivity index (χ4v) is 2.22. The van der Waals surface area contributed by atoms with Crippen LogP contribution in [0.1, 0.15) is 18.4 Å². The predicted octanol–water partition coefficient (Wildman–Crippen LogP) is 2.29. The number of phenols is 1. The molecule has 0 fully saturated rings. The number of phenolic OH excluding ortho intramolecular Hbond substituents is 1. The van der Waals surface area contributed by atoms with Gasteiger partial charge in [-0.3, -0.25) is 4.79 Å². The molecule has 0 amide bonds. The van der Waals surface area contributed by atoms with Crippen LogP contribution in [0.5, 0.6) is 5.75 Å². The van der Waals surface area contributed by atoms with Crippen molar-refractivity contribution in [3.63, 3.8) is 0 Å². The van der Waals surface area contributed by atoms with Crippen LogP contribution in [-0.2, 0) is 14.9 Å². The van der Waals surface area contributed by atoms with Gasteiger partial charge in [0.2, 0.25) is 0 Å². The first kappa shape index (κ1) is 11.6. The summed E-state index contributed by atoms with van der Waals surface area (Å²) >= 11 is 0. The van der Waals surface area contributed by atoms with Crippen LogP contribution in [0.25, 0.3) is 0 Å². The molecular formula is C13H13FO3. The van der Waals surface area contributed by atoms with Gasteiger partial charge in [0, 0.05) is 6.07 Å². The van der Waals surface area contributed by atoms with E-state index in [9.17, 15) is 14.3 Å². The summed E-state index contributed by atoms with van der Waals surface area (Å²) < 4.78 is 18.1. The number of hydrogen-bond acceptors (Lipinski definition) is 3. The van der Waals surface area contributed by atoms with Crippen molar-refractivity contribution in [3.05, 3.63) is 41.7 Å². The van der Waals surface area contributed by atoms with E-state index in [-0.39, 0.29) is 5.75 Å². The van der Waals surface area contributed by atoms with Gasteiger partial charge in [0.05, 0.1) is 12.5 Å². The molecule has 0 saturated heterocycles. The van der Waals surface area contributed by atoms with Crippen LogP contribution in [0.3, 0.4) is 0 Å². The number of rotatable bonds is 2. The highest BCUT2D eigenvalue weighted by molar-refractivity contribution is 5.84. The second-order valence-corrected chi connectivity index (χ2v) is 4.15. The van der Waals surface area contributed by atoms with Gasteiger partial charge in [0.1, 0.15) is 11.6 Å². The number of aromatic hydroxyl groups is 1. The number of carbonyl (C=O) groups is 1. The first-order valence-corrected chi connectivity index (χ1v) is 5.32. The highest BCUT2D eigenvalue weighted by Crippen LogP contribution is 2.39. The van der Waals surface area contributed by atoms with E-state index in [1.54, 1.807) is 0 Å². The third-order valence-electron chi connectivity index (χ3n) is 3.11. The van der Waals surface area contributed by atoms with E-state index < -0.39 is 17.2 Å². The van der Waals surface area contributed by atoms with E-state index in [4.69, 9.17) is 4.74 Å². The summed E-state index contributed by atoms with van der Waals surface area (Å²) in [7, 11) is 1.31. The lowest BCUT2D eigenvalue weighted by Gasteiger charge is -2.26. The topological polar surface area (TPSA) is 46.5 Å². The summed E-state index contributed by atoms with van der Waals surface area (Å²) in [6.45, 7) is 0. The monoisotopic (exact) mass is 236 g/mol. The van der Waals surface area contributed by atoms with Crippen LogP contribution in [0.4, 0.5) is 4.39 Å². The maximum Gasteiger partial charge on any atom is 0.316 e. The molecule has 1 aliphatic carbocycles. The smallest absolute Gasteiger partial charge is 0.316 e. The zero-order chi connectivity index (χ0) is 12.5. The van der Waals surface area contributed by atoms with Crippen molar-refractivity contribution in [1.82, 2.24) is 0 Å². The largest absolute Gasteiger partial charge is 0.508 e. The molecule has 4 heteroatoms. The lowest BCUT2D eigenvalue weighted by molar-refractivity contribution is -0.147. The van der Waals surface area contributed by atoms with Gasteiger partial charge in [-0.05, 0) is 30.5 Å². The van der Waals surface area contributed by atoms with Crippen LogP contribution >= 0.6 is 0 Å². The molecule has 0 heterocycles. The number of hydrogen-bond donors (Lipinski definition) is 1. The number of esters is 1. The zero-order valence-corrected chi connectivity index (χ0v) is 9.44. The van der Waals surface area contributed by atoms with Crippen molar-refractivity contribution < 1.29 is 19.0 Å². The van der Waals surface area contributed by atoms with Crippen LogP contribution in [-0.4, -0.2) is 18.2 Å². The van der Waals surface area contributed by atoms with Crippen LogP contribution < -0.4 is 0 Å². The standard InChI is InChI=1S/C13H13FO3/c1-17-12(16)13(4-2-3-5-13)9-6-10(14)8-11(15)7-9/h2-3,6-8,15H,4-5H2,1H3. The van der Waals surface area contributed by atoms with Gasteiger partial charge >= 0.3 is 5.97 Å². The molecule has 2 rings (SSSR count). The lowest BCUT2D eigenvalue weighted by atomic mass is 9.78. The van der Waals surface area contributed by atoms with Crippen molar-refractivity contribution in [2.45, 2.75) is 18.3 Å². The Morgan fingerprint density at radius 2 is 2.00 bits per heavy atom. The van der Waals surface area contributed by atoms with Crippen molar-refractivity contribution in [1.29, 1.82) is 0 Å². The average Bonchev–Trinajstić information content (AvgIpc) is 2.77. The van der Waals surface area contributed by atoms with Crippen LogP contribution in [0.2, 0.25) is 0 Å². The Hall–Kier alpha value is -1.84. The average molecular weight is 236 g/mol. The van der Waals surface area contributed by atoms with Gasteiger partial charge in [0.15, 0.2) is 0 Å². The predicted molar refractivity (Wildman–Crippen MR) is 60.1 cm³/mol. The van der Waals surface area contributed by atoms with Crippen molar-refractivity contribution >= 4 is 5.97 Å². The Kier molecular flexibility index (Phi) is 2.88.